The van der Waals surface area contributed by atoms with Gasteiger partial charge >= 0.3 is 0 Å². The quantitative estimate of drug-likeness (QED) is 0.896. The number of benzene rings is 1. The number of hydrogen-bond acceptors (Lipinski definition) is 3. The molecule has 0 radical (unpaired) electrons. The summed E-state index contributed by atoms with van der Waals surface area (Å²) in [6, 6.07) is 4.70. The molecule has 1 aromatic carbocycles. The SMILES string of the molecule is CCOC1(c2ccc(F)c(C(N)=O)c2)C2CCCC1CNC2. The number of nitrogens with two attached hydrogens (primary N) is 1. The lowest BCUT2D eigenvalue weighted by atomic mass is 9.62. The monoisotopic (exact) mass is 306 g/mol. The van der Waals surface area contributed by atoms with Gasteiger partial charge in [-0.2, -0.15) is 0 Å². The molecule has 0 spiro atoms. The lowest BCUT2D eigenvalue weighted by Gasteiger charge is -2.53. The zero-order valence-electron chi connectivity index (χ0n) is 12.9. The first kappa shape index (κ1) is 15.4. The van der Waals surface area contributed by atoms with Crippen LogP contribution < -0.4 is 11.1 Å². The highest BCUT2D eigenvalue weighted by Gasteiger charge is 2.51. The van der Waals surface area contributed by atoms with Crippen LogP contribution in [-0.4, -0.2) is 25.6 Å². The normalized spacial score (nSPS) is 31.0. The van der Waals surface area contributed by atoms with Crippen molar-refractivity contribution in [2.24, 2.45) is 17.6 Å². The molecule has 2 atom stereocenters. The standard InChI is InChI=1S/C17H23FN2O2/c1-2-22-17(12-4-3-5-13(17)10-20-9-12)11-6-7-15(18)14(8-11)16(19)21/h6-8,12-13,20H,2-5,9-10H2,1H3,(H2,19,21). The van der Waals surface area contributed by atoms with E-state index in [1.807, 2.05) is 6.92 Å². The number of fused-ring (bicyclic) bond motifs is 2. The molecule has 120 valence electrons. The van der Waals surface area contributed by atoms with Gasteiger partial charge in [-0.25, -0.2) is 4.39 Å². The number of amides is 1. The van der Waals surface area contributed by atoms with Crippen LogP contribution in [-0.2, 0) is 10.3 Å². The lowest BCUT2D eigenvalue weighted by molar-refractivity contribution is -0.161. The van der Waals surface area contributed by atoms with Gasteiger partial charge in [0.1, 0.15) is 11.4 Å². The molecule has 1 aliphatic carbocycles. The zero-order valence-corrected chi connectivity index (χ0v) is 12.9. The van der Waals surface area contributed by atoms with E-state index in [1.165, 1.54) is 12.5 Å². The van der Waals surface area contributed by atoms with Crippen molar-refractivity contribution in [2.75, 3.05) is 19.7 Å². The third-order valence-corrected chi connectivity index (χ3v) is 5.17. The summed E-state index contributed by atoms with van der Waals surface area (Å²) in [5, 5.41) is 3.47. The van der Waals surface area contributed by atoms with E-state index < -0.39 is 17.3 Å². The van der Waals surface area contributed by atoms with Gasteiger partial charge in [-0.05, 0) is 37.5 Å². The summed E-state index contributed by atoms with van der Waals surface area (Å²) in [4.78, 5) is 11.5. The molecule has 5 heteroatoms. The molecule has 2 bridgehead atoms. The van der Waals surface area contributed by atoms with Gasteiger partial charge in [-0.3, -0.25) is 4.79 Å². The topological polar surface area (TPSA) is 64.3 Å². The molecular weight excluding hydrogens is 283 g/mol. The molecule has 1 heterocycles. The third-order valence-electron chi connectivity index (χ3n) is 5.17. The van der Waals surface area contributed by atoms with Crippen LogP contribution in [0.4, 0.5) is 4.39 Å². The van der Waals surface area contributed by atoms with Gasteiger partial charge in [0.05, 0.1) is 5.56 Å². The Hall–Kier alpha value is -1.46. The molecule has 3 N–H and O–H groups in total. The summed E-state index contributed by atoms with van der Waals surface area (Å²) >= 11 is 0. The number of ether oxygens (including phenoxy) is 1. The minimum Gasteiger partial charge on any atom is -0.370 e. The highest BCUT2D eigenvalue weighted by molar-refractivity contribution is 5.93. The fourth-order valence-corrected chi connectivity index (χ4v) is 4.30. The first-order valence-electron chi connectivity index (χ1n) is 8.04. The maximum absolute atomic E-state index is 13.8. The van der Waals surface area contributed by atoms with Gasteiger partial charge in [0.15, 0.2) is 0 Å². The average molecular weight is 306 g/mol. The predicted molar refractivity (Wildman–Crippen MR) is 81.9 cm³/mol. The van der Waals surface area contributed by atoms with Crippen molar-refractivity contribution in [3.63, 3.8) is 0 Å². The fourth-order valence-electron chi connectivity index (χ4n) is 4.30. The van der Waals surface area contributed by atoms with E-state index in [0.29, 0.717) is 18.4 Å². The molecule has 1 saturated heterocycles. The Kier molecular flexibility index (Phi) is 4.19. The van der Waals surface area contributed by atoms with Crippen molar-refractivity contribution < 1.29 is 13.9 Å². The minimum atomic E-state index is -0.731. The van der Waals surface area contributed by atoms with E-state index in [2.05, 4.69) is 5.32 Å². The minimum absolute atomic E-state index is 0.0480. The summed E-state index contributed by atoms with van der Waals surface area (Å²) in [6.07, 6.45) is 3.34. The molecule has 2 unspecified atom stereocenters. The molecule has 22 heavy (non-hydrogen) atoms. The smallest absolute Gasteiger partial charge is 0.251 e. The van der Waals surface area contributed by atoms with Gasteiger partial charge < -0.3 is 15.8 Å². The first-order valence-corrected chi connectivity index (χ1v) is 8.04. The number of piperidine rings is 1. The lowest BCUT2D eigenvalue weighted by Crippen LogP contribution is -2.58. The molecule has 1 saturated carbocycles. The Morgan fingerprint density at radius 2 is 2.09 bits per heavy atom. The summed E-state index contributed by atoms with van der Waals surface area (Å²) < 4.78 is 20.1. The van der Waals surface area contributed by atoms with Crippen LogP contribution >= 0.6 is 0 Å². The van der Waals surface area contributed by atoms with Crippen molar-refractivity contribution in [3.05, 3.63) is 35.1 Å². The summed E-state index contributed by atoms with van der Waals surface area (Å²) in [5.41, 5.74) is 5.72. The zero-order chi connectivity index (χ0) is 15.7. The average Bonchev–Trinajstić information content (AvgIpc) is 2.47. The second-order valence-corrected chi connectivity index (χ2v) is 6.27. The number of rotatable bonds is 4. The molecule has 3 rings (SSSR count). The van der Waals surface area contributed by atoms with Gasteiger partial charge in [0.2, 0.25) is 0 Å². The van der Waals surface area contributed by atoms with Crippen LogP contribution in [0.3, 0.4) is 0 Å². The van der Waals surface area contributed by atoms with Crippen LogP contribution in [0.2, 0.25) is 0 Å². The molecule has 1 amide bonds. The second kappa shape index (κ2) is 5.97. The first-order chi connectivity index (χ1) is 10.6. The van der Waals surface area contributed by atoms with Crippen LogP contribution in [0.1, 0.15) is 42.1 Å². The number of carbonyl (C=O) groups excluding carboxylic acids is 1. The summed E-state index contributed by atoms with van der Waals surface area (Å²) in [6.45, 7) is 4.36. The van der Waals surface area contributed by atoms with Crippen molar-refractivity contribution in [2.45, 2.75) is 31.8 Å². The van der Waals surface area contributed by atoms with E-state index in [1.54, 1.807) is 12.1 Å². The van der Waals surface area contributed by atoms with E-state index in [4.69, 9.17) is 10.5 Å². The maximum atomic E-state index is 13.8. The van der Waals surface area contributed by atoms with Gasteiger partial charge in [0, 0.05) is 31.5 Å². The third kappa shape index (κ3) is 2.32. The molecule has 0 aromatic heterocycles. The van der Waals surface area contributed by atoms with E-state index >= 15 is 0 Å². The van der Waals surface area contributed by atoms with Gasteiger partial charge in [-0.1, -0.05) is 12.5 Å². The largest absolute Gasteiger partial charge is 0.370 e. The van der Waals surface area contributed by atoms with Crippen LogP contribution in [0.25, 0.3) is 0 Å². The summed E-state index contributed by atoms with van der Waals surface area (Å²) in [7, 11) is 0. The Morgan fingerprint density at radius 1 is 1.41 bits per heavy atom. The number of hydrogen-bond donors (Lipinski definition) is 2. The van der Waals surface area contributed by atoms with Crippen molar-refractivity contribution in [3.8, 4) is 0 Å². The van der Waals surface area contributed by atoms with E-state index in [9.17, 15) is 9.18 Å². The Balaban J connectivity index is 2.11. The number of primary amides is 1. The van der Waals surface area contributed by atoms with Gasteiger partial charge in [-0.15, -0.1) is 0 Å². The Morgan fingerprint density at radius 3 is 2.68 bits per heavy atom. The summed E-state index contributed by atoms with van der Waals surface area (Å²) in [5.74, 6) is -0.621. The number of nitrogens with one attached hydrogen (secondary N) is 1. The van der Waals surface area contributed by atoms with Crippen molar-refractivity contribution >= 4 is 5.91 Å². The maximum Gasteiger partial charge on any atom is 0.251 e. The van der Waals surface area contributed by atoms with E-state index in [-0.39, 0.29) is 5.56 Å². The molecule has 2 aliphatic rings. The van der Waals surface area contributed by atoms with Crippen LogP contribution in [0, 0.1) is 17.7 Å². The van der Waals surface area contributed by atoms with E-state index in [0.717, 1.165) is 31.5 Å². The van der Waals surface area contributed by atoms with Gasteiger partial charge in [0.25, 0.3) is 5.91 Å². The predicted octanol–water partition coefficient (Wildman–Crippen LogP) is 2.18. The fraction of sp³-hybridized carbons (Fsp3) is 0.588. The van der Waals surface area contributed by atoms with Crippen molar-refractivity contribution in [1.82, 2.24) is 5.32 Å². The Bertz CT molecular complexity index is 554. The molecule has 2 fully saturated rings. The molecule has 1 aliphatic heterocycles. The highest BCUT2D eigenvalue weighted by Crippen LogP contribution is 2.50. The number of halogens is 1. The van der Waals surface area contributed by atoms with Crippen LogP contribution in [0.15, 0.2) is 18.2 Å². The van der Waals surface area contributed by atoms with Crippen LogP contribution in [0.5, 0.6) is 0 Å². The number of carbonyl (C=O) groups is 1. The second-order valence-electron chi connectivity index (χ2n) is 6.27. The van der Waals surface area contributed by atoms with Crippen molar-refractivity contribution in [1.29, 1.82) is 0 Å². The molecular formula is C17H23FN2O2. The highest BCUT2D eigenvalue weighted by atomic mass is 19.1. The Labute approximate surface area is 130 Å². The molecule has 1 aromatic rings. The molecule has 4 nitrogen and oxygen atoms in total.